The number of hydrogen-bond acceptors (Lipinski definition) is 5. The van der Waals surface area contributed by atoms with Crippen molar-refractivity contribution >= 4 is 16.7 Å². The zero-order valence-electron chi connectivity index (χ0n) is 11.0. The highest BCUT2D eigenvalue weighted by Gasteiger charge is 2.29. The second-order valence-corrected chi connectivity index (χ2v) is 6.62. The molecule has 0 aromatic carbocycles. The highest BCUT2D eigenvalue weighted by atomic mass is 32.1. The van der Waals surface area contributed by atoms with Crippen molar-refractivity contribution in [1.29, 1.82) is 0 Å². The number of anilines is 1. The van der Waals surface area contributed by atoms with Gasteiger partial charge in [0, 0.05) is 36.0 Å². The van der Waals surface area contributed by atoms with Crippen molar-refractivity contribution < 1.29 is 5.11 Å². The smallest absolute Gasteiger partial charge is 0.205 e. The number of aliphatic hydroxyl groups is 1. The molecular formula is C12H21N3OS. The van der Waals surface area contributed by atoms with E-state index in [1.54, 1.807) is 0 Å². The van der Waals surface area contributed by atoms with E-state index < -0.39 is 0 Å². The third-order valence-electron chi connectivity index (χ3n) is 3.26. The van der Waals surface area contributed by atoms with Gasteiger partial charge in [0.2, 0.25) is 5.13 Å². The van der Waals surface area contributed by atoms with Gasteiger partial charge in [0.1, 0.15) is 5.82 Å². The van der Waals surface area contributed by atoms with E-state index >= 15 is 0 Å². The summed E-state index contributed by atoms with van der Waals surface area (Å²) in [4.78, 5) is 6.85. The first-order valence-electron chi connectivity index (χ1n) is 6.15. The lowest BCUT2D eigenvalue weighted by atomic mass is 9.96. The maximum absolute atomic E-state index is 9.59. The molecule has 1 N–H and O–H groups in total. The van der Waals surface area contributed by atoms with Gasteiger partial charge in [-0.3, -0.25) is 0 Å². The Morgan fingerprint density at radius 2 is 2.18 bits per heavy atom. The first-order valence-corrected chi connectivity index (χ1v) is 6.92. The van der Waals surface area contributed by atoms with Gasteiger partial charge < -0.3 is 10.0 Å². The summed E-state index contributed by atoms with van der Waals surface area (Å²) in [5.74, 6) is 1.29. The van der Waals surface area contributed by atoms with Gasteiger partial charge in [0.15, 0.2) is 0 Å². The summed E-state index contributed by atoms with van der Waals surface area (Å²) >= 11 is 1.47. The van der Waals surface area contributed by atoms with Crippen LogP contribution in [0.2, 0.25) is 0 Å². The van der Waals surface area contributed by atoms with E-state index in [-0.39, 0.29) is 11.5 Å². The molecule has 2 unspecified atom stereocenters. The van der Waals surface area contributed by atoms with Crippen LogP contribution in [-0.2, 0) is 5.41 Å². The monoisotopic (exact) mass is 255 g/mol. The zero-order valence-corrected chi connectivity index (χ0v) is 11.8. The first-order chi connectivity index (χ1) is 7.88. The number of aromatic nitrogens is 2. The van der Waals surface area contributed by atoms with Crippen LogP contribution in [0.1, 0.15) is 39.9 Å². The Balaban J connectivity index is 2.07. The molecule has 4 nitrogen and oxygen atoms in total. The highest BCUT2D eigenvalue weighted by molar-refractivity contribution is 7.09. The normalized spacial score (nSPS) is 23.1. The predicted molar refractivity (Wildman–Crippen MR) is 70.6 cm³/mol. The molecule has 0 bridgehead atoms. The van der Waals surface area contributed by atoms with Gasteiger partial charge in [-0.25, -0.2) is 4.98 Å². The van der Waals surface area contributed by atoms with Crippen LogP contribution < -0.4 is 4.90 Å². The molecule has 1 fully saturated rings. The maximum atomic E-state index is 9.59. The largest absolute Gasteiger partial charge is 0.393 e. The molecule has 0 radical (unpaired) electrons. The summed E-state index contributed by atoms with van der Waals surface area (Å²) < 4.78 is 4.43. The molecule has 0 aliphatic carbocycles. The van der Waals surface area contributed by atoms with Crippen LogP contribution in [0.3, 0.4) is 0 Å². The van der Waals surface area contributed by atoms with E-state index in [1.165, 1.54) is 11.5 Å². The van der Waals surface area contributed by atoms with Gasteiger partial charge in [0.05, 0.1) is 6.10 Å². The second-order valence-electron chi connectivity index (χ2n) is 5.89. The molecular weight excluding hydrogens is 234 g/mol. The molecule has 1 aliphatic rings. The summed E-state index contributed by atoms with van der Waals surface area (Å²) in [5, 5.41) is 10.6. The van der Waals surface area contributed by atoms with Crippen molar-refractivity contribution in [2.75, 3.05) is 18.0 Å². The zero-order chi connectivity index (χ0) is 12.6. The Hall–Kier alpha value is -0.680. The maximum Gasteiger partial charge on any atom is 0.205 e. The van der Waals surface area contributed by atoms with Crippen molar-refractivity contribution in [3.63, 3.8) is 0 Å². The lowest BCUT2D eigenvalue weighted by Gasteiger charge is -2.16. The molecule has 96 valence electrons. The predicted octanol–water partition coefficient (Wildman–Crippen LogP) is 2.04. The fourth-order valence-corrected chi connectivity index (χ4v) is 2.89. The van der Waals surface area contributed by atoms with Crippen LogP contribution >= 0.6 is 11.5 Å². The first kappa shape index (κ1) is 12.8. The van der Waals surface area contributed by atoms with Crippen molar-refractivity contribution in [1.82, 2.24) is 9.36 Å². The molecule has 2 rings (SSSR count). The van der Waals surface area contributed by atoms with Crippen molar-refractivity contribution in [3.05, 3.63) is 5.82 Å². The highest BCUT2D eigenvalue weighted by Crippen LogP contribution is 2.29. The van der Waals surface area contributed by atoms with Crippen molar-refractivity contribution in [2.24, 2.45) is 5.92 Å². The molecule has 0 spiro atoms. The van der Waals surface area contributed by atoms with Crippen LogP contribution in [0.4, 0.5) is 5.13 Å². The van der Waals surface area contributed by atoms with Crippen LogP contribution in [0.5, 0.6) is 0 Å². The Kier molecular flexibility index (Phi) is 3.41. The van der Waals surface area contributed by atoms with Crippen LogP contribution in [0.15, 0.2) is 0 Å². The third kappa shape index (κ3) is 2.77. The molecule has 0 saturated carbocycles. The number of rotatable bonds is 2. The fourth-order valence-electron chi connectivity index (χ4n) is 2.00. The Morgan fingerprint density at radius 3 is 2.65 bits per heavy atom. The molecule has 1 saturated heterocycles. The molecule has 1 aliphatic heterocycles. The SMILES string of the molecule is CC(O)C1CCN(c2nc(C(C)(C)C)ns2)C1. The minimum atomic E-state index is -0.227. The van der Waals surface area contributed by atoms with Crippen LogP contribution in [0.25, 0.3) is 0 Å². The lowest BCUT2D eigenvalue weighted by molar-refractivity contribution is 0.136. The molecule has 5 heteroatoms. The summed E-state index contributed by atoms with van der Waals surface area (Å²) in [5.41, 5.74) is 0.0120. The summed E-state index contributed by atoms with van der Waals surface area (Å²) in [6.45, 7) is 10.1. The van der Waals surface area contributed by atoms with Gasteiger partial charge in [-0.2, -0.15) is 4.37 Å². The second kappa shape index (κ2) is 4.53. The van der Waals surface area contributed by atoms with Crippen LogP contribution in [-0.4, -0.2) is 33.7 Å². The molecule has 0 amide bonds. The van der Waals surface area contributed by atoms with E-state index in [9.17, 15) is 5.11 Å². The molecule has 2 atom stereocenters. The van der Waals surface area contributed by atoms with E-state index in [0.29, 0.717) is 5.92 Å². The topological polar surface area (TPSA) is 49.2 Å². The van der Waals surface area contributed by atoms with E-state index in [1.807, 2.05) is 6.92 Å². The quantitative estimate of drug-likeness (QED) is 0.878. The van der Waals surface area contributed by atoms with Gasteiger partial charge in [-0.05, 0) is 13.3 Å². The Morgan fingerprint density at radius 1 is 1.47 bits per heavy atom. The van der Waals surface area contributed by atoms with E-state index in [0.717, 1.165) is 30.5 Å². The average molecular weight is 255 g/mol. The van der Waals surface area contributed by atoms with E-state index in [4.69, 9.17) is 0 Å². The summed E-state index contributed by atoms with van der Waals surface area (Å²) in [7, 11) is 0. The fraction of sp³-hybridized carbons (Fsp3) is 0.833. The van der Waals surface area contributed by atoms with E-state index in [2.05, 4.69) is 35.0 Å². The number of aliphatic hydroxyl groups excluding tert-OH is 1. The summed E-state index contributed by atoms with van der Waals surface area (Å²) in [6, 6.07) is 0. The summed E-state index contributed by atoms with van der Waals surface area (Å²) in [6.07, 6.45) is 0.817. The molecule has 1 aromatic heterocycles. The van der Waals surface area contributed by atoms with Gasteiger partial charge in [-0.1, -0.05) is 20.8 Å². The van der Waals surface area contributed by atoms with Crippen molar-refractivity contribution in [3.8, 4) is 0 Å². The molecule has 1 aromatic rings. The standard InChI is InChI=1S/C12H21N3OS/c1-8(16)9-5-6-15(7-9)11-13-10(14-17-11)12(2,3)4/h8-9,16H,5-7H2,1-4H3. The van der Waals surface area contributed by atoms with Gasteiger partial charge in [0.25, 0.3) is 0 Å². The minimum absolute atomic E-state index is 0.0120. The third-order valence-corrected chi connectivity index (χ3v) is 4.04. The average Bonchev–Trinajstić information content (AvgIpc) is 2.85. The minimum Gasteiger partial charge on any atom is -0.393 e. The number of hydrogen-bond donors (Lipinski definition) is 1. The van der Waals surface area contributed by atoms with Gasteiger partial charge >= 0.3 is 0 Å². The Labute approximate surface area is 107 Å². The Bertz CT molecular complexity index is 383. The van der Waals surface area contributed by atoms with Crippen LogP contribution in [0, 0.1) is 5.92 Å². The molecule has 2 heterocycles. The van der Waals surface area contributed by atoms with Crippen molar-refractivity contribution in [2.45, 2.75) is 45.6 Å². The molecule has 17 heavy (non-hydrogen) atoms. The number of nitrogens with zero attached hydrogens (tertiary/aromatic N) is 3. The van der Waals surface area contributed by atoms with Gasteiger partial charge in [-0.15, -0.1) is 0 Å². The lowest BCUT2D eigenvalue weighted by Crippen LogP contribution is -2.24.